The van der Waals surface area contributed by atoms with Crippen molar-refractivity contribution in [2.45, 2.75) is 4.90 Å². The van der Waals surface area contributed by atoms with Gasteiger partial charge in [-0.1, -0.05) is 17.7 Å². The summed E-state index contributed by atoms with van der Waals surface area (Å²) in [5, 5.41) is 8.35. The zero-order chi connectivity index (χ0) is 16.3. The molecule has 3 rings (SSSR count). The number of hydrogen-bond acceptors (Lipinski definition) is 6. The number of benzene rings is 1. The van der Waals surface area contributed by atoms with E-state index in [2.05, 4.69) is 14.9 Å². The van der Waals surface area contributed by atoms with Gasteiger partial charge in [0.15, 0.2) is 11.6 Å². The van der Waals surface area contributed by atoms with Gasteiger partial charge in [-0.2, -0.15) is 0 Å². The first-order chi connectivity index (χ1) is 11.0. The molecule has 7 nitrogen and oxygen atoms in total. The van der Waals surface area contributed by atoms with E-state index in [4.69, 9.17) is 16.3 Å². The molecule has 1 saturated heterocycles. The van der Waals surface area contributed by atoms with Gasteiger partial charge in [-0.15, -0.1) is 10.2 Å². The number of rotatable bonds is 4. The molecule has 2 heterocycles. The maximum atomic E-state index is 12.3. The molecule has 122 valence electrons. The molecule has 1 aliphatic rings. The van der Waals surface area contributed by atoms with Crippen LogP contribution in [0.1, 0.15) is 0 Å². The summed E-state index contributed by atoms with van der Waals surface area (Å²) in [5.41, 5.74) is 0. The summed E-state index contributed by atoms with van der Waals surface area (Å²) >= 11 is 5.82. The molecule has 0 bridgehead atoms. The third-order valence-electron chi connectivity index (χ3n) is 3.33. The van der Waals surface area contributed by atoms with Crippen molar-refractivity contribution < 1.29 is 13.2 Å². The van der Waals surface area contributed by atoms with Crippen LogP contribution in [-0.4, -0.2) is 44.9 Å². The van der Waals surface area contributed by atoms with Gasteiger partial charge < -0.3 is 9.64 Å². The van der Waals surface area contributed by atoms with E-state index in [1.54, 1.807) is 24.3 Å². The Bertz CT molecular complexity index is 777. The van der Waals surface area contributed by atoms with Gasteiger partial charge in [-0.05, 0) is 30.3 Å². The lowest BCUT2D eigenvalue weighted by atomic mass is 10.4. The maximum absolute atomic E-state index is 12.3. The lowest BCUT2D eigenvalue weighted by Crippen LogP contribution is -2.36. The molecule has 0 amide bonds. The summed E-state index contributed by atoms with van der Waals surface area (Å²) < 4.78 is 32.2. The molecule has 0 radical (unpaired) electrons. The number of sulfonamides is 1. The molecule has 1 aromatic carbocycles. The van der Waals surface area contributed by atoms with Gasteiger partial charge in [0.25, 0.3) is 10.0 Å². The van der Waals surface area contributed by atoms with Gasteiger partial charge in [-0.25, -0.2) is 8.42 Å². The molecular formula is C14H15ClN4O3S. The number of morpholine rings is 1. The molecule has 0 atom stereocenters. The second-order valence-corrected chi connectivity index (χ2v) is 7.06. The number of halogens is 1. The summed E-state index contributed by atoms with van der Waals surface area (Å²) in [7, 11) is -3.74. The van der Waals surface area contributed by atoms with Crippen LogP contribution in [0.2, 0.25) is 5.02 Å². The molecule has 0 unspecified atom stereocenters. The Hall–Kier alpha value is -1.90. The van der Waals surface area contributed by atoms with Crippen molar-refractivity contribution in [3.05, 3.63) is 41.4 Å². The molecule has 0 spiro atoms. The zero-order valence-corrected chi connectivity index (χ0v) is 13.7. The SMILES string of the molecule is O=S(=O)(Nc1ccc(N2CCOCC2)nn1)c1cccc(Cl)c1. The Morgan fingerprint density at radius 1 is 1.13 bits per heavy atom. The Kier molecular flexibility index (Phi) is 4.65. The summed E-state index contributed by atoms with van der Waals surface area (Å²) in [6.07, 6.45) is 0. The molecule has 2 aromatic rings. The minimum absolute atomic E-state index is 0.0732. The number of hydrogen-bond donors (Lipinski definition) is 1. The number of nitrogens with zero attached hydrogens (tertiary/aromatic N) is 3. The van der Waals surface area contributed by atoms with Crippen LogP contribution in [0.3, 0.4) is 0 Å². The van der Waals surface area contributed by atoms with Crippen LogP contribution in [0.25, 0.3) is 0 Å². The molecule has 0 aliphatic carbocycles. The monoisotopic (exact) mass is 354 g/mol. The van der Waals surface area contributed by atoms with Crippen LogP contribution >= 0.6 is 11.6 Å². The standard InChI is InChI=1S/C14H15ClN4O3S/c15-11-2-1-3-12(10-11)23(20,21)18-13-4-5-14(17-16-13)19-6-8-22-9-7-19/h1-5,10H,6-9H2,(H,16,18). The van der Waals surface area contributed by atoms with Crippen LogP contribution in [0.4, 0.5) is 11.6 Å². The van der Waals surface area contributed by atoms with E-state index >= 15 is 0 Å². The van der Waals surface area contributed by atoms with Crippen molar-refractivity contribution in [2.75, 3.05) is 35.9 Å². The van der Waals surface area contributed by atoms with Gasteiger partial charge in [0.2, 0.25) is 0 Å². The van der Waals surface area contributed by atoms with Gasteiger partial charge in [0, 0.05) is 18.1 Å². The van der Waals surface area contributed by atoms with Gasteiger partial charge in [0.1, 0.15) is 0 Å². The lowest BCUT2D eigenvalue weighted by Gasteiger charge is -2.27. The fourth-order valence-corrected chi connectivity index (χ4v) is 3.47. The molecule has 1 fully saturated rings. The van der Waals surface area contributed by atoms with Crippen LogP contribution in [-0.2, 0) is 14.8 Å². The predicted molar refractivity (Wildman–Crippen MR) is 87.3 cm³/mol. The van der Waals surface area contributed by atoms with Crippen LogP contribution in [0, 0.1) is 0 Å². The first kappa shape index (κ1) is 16.0. The van der Waals surface area contributed by atoms with E-state index in [1.807, 2.05) is 4.90 Å². The third-order valence-corrected chi connectivity index (χ3v) is 4.92. The summed E-state index contributed by atoms with van der Waals surface area (Å²) in [6, 6.07) is 9.33. The van der Waals surface area contributed by atoms with Crippen LogP contribution in [0.15, 0.2) is 41.3 Å². The fraction of sp³-hybridized carbons (Fsp3) is 0.286. The fourth-order valence-electron chi connectivity index (χ4n) is 2.17. The quantitative estimate of drug-likeness (QED) is 0.900. The molecule has 0 saturated carbocycles. The average Bonchev–Trinajstić information content (AvgIpc) is 2.56. The van der Waals surface area contributed by atoms with Crippen molar-refractivity contribution in [1.82, 2.24) is 10.2 Å². The first-order valence-electron chi connectivity index (χ1n) is 6.99. The first-order valence-corrected chi connectivity index (χ1v) is 8.85. The number of anilines is 2. The topological polar surface area (TPSA) is 84.4 Å². The van der Waals surface area contributed by atoms with E-state index in [0.717, 1.165) is 13.1 Å². The Balaban J connectivity index is 1.75. The third kappa shape index (κ3) is 3.90. The molecule has 1 N–H and O–H groups in total. The number of ether oxygens (including phenoxy) is 1. The second kappa shape index (κ2) is 6.69. The van der Waals surface area contributed by atoms with Crippen LogP contribution in [0.5, 0.6) is 0 Å². The highest BCUT2D eigenvalue weighted by Gasteiger charge is 2.17. The molecule has 1 aliphatic heterocycles. The largest absolute Gasteiger partial charge is 0.378 e. The van der Waals surface area contributed by atoms with Gasteiger partial charge in [-0.3, -0.25) is 4.72 Å². The number of nitrogens with one attached hydrogen (secondary N) is 1. The van der Waals surface area contributed by atoms with Crippen molar-refractivity contribution >= 4 is 33.3 Å². The van der Waals surface area contributed by atoms with E-state index in [-0.39, 0.29) is 10.7 Å². The van der Waals surface area contributed by atoms with Crippen molar-refractivity contribution in [3.63, 3.8) is 0 Å². The number of aromatic nitrogens is 2. The summed E-state index contributed by atoms with van der Waals surface area (Å²) in [6.45, 7) is 2.76. The second-order valence-electron chi connectivity index (χ2n) is 4.94. The Morgan fingerprint density at radius 2 is 1.91 bits per heavy atom. The van der Waals surface area contributed by atoms with Crippen LogP contribution < -0.4 is 9.62 Å². The highest BCUT2D eigenvalue weighted by atomic mass is 35.5. The minimum Gasteiger partial charge on any atom is -0.378 e. The van der Waals surface area contributed by atoms with E-state index < -0.39 is 10.0 Å². The smallest absolute Gasteiger partial charge is 0.263 e. The van der Waals surface area contributed by atoms with Crippen molar-refractivity contribution in [3.8, 4) is 0 Å². The Labute approximate surface area is 139 Å². The minimum atomic E-state index is -3.74. The average molecular weight is 355 g/mol. The van der Waals surface area contributed by atoms with E-state index in [0.29, 0.717) is 24.1 Å². The molecular weight excluding hydrogens is 340 g/mol. The van der Waals surface area contributed by atoms with E-state index in [1.165, 1.54) is 12.1 Å². The molecule has 1 aromatic heterocycles. The predicted octanol–water partition coefficient (Wildman–Crippen LogP) is 1.77. The highest BCUT2D eigenvalue weighted by Crippen LogP contribution is 2.19. The zero-order valence-electron chi connectivity index (χ0n) is 12.1. The van der Waals surface area contributed by atoms with Gasteiger partial charge >= 0.3 is 0 Å². The Morgan fingerprint density at radius 3 is 2.57 bits per heavy atom. The summed E-state index contributed by atoms with van der Waals surface area (Å²) in [4.78, 5) is 2.11. The van der Waals surface area contributed by atoms with Crippen molar-refractivity contribution in [2.24, 2.45) is 0 Å². The molecule has 23 heavy (non-hydrogen) atoms. The maximum Gasteiger partial charge on any atom is 0.263 e. The highest BCUT2D eigenvalue weighted by molar-refractivity contribution is 7.92. The summed E-state index contributed by atoms with van der Waals surface area (Å²) in [5.74, 6) is 0.848. The normalized spacial score (nSPS) is 15.4. The van der Waals surface area contributed by atoms with Crippen molar-refractivity contribution in [1.29, 1.82) is 0 Å². The lowest BCUT2D eigenvalue weighted by molar-refractivity contribution is 0.122. The molecule has 9 heteroatoms. The van der Waals surface area contributed by atoms with Gasteiger partial charge in [0.05, 0.1) is 18.1 Å². The van der Waals surface area contributed by atoms with E-state index in [9.17, 15) is 8.42 Å².